The molecule has 2 atom stereocenters. The Kier molecular flexibility index (Phi) is 9.93. The molecular weight excluding hydrogens is 287 g/mol. The summed E-state index contributed by atoms with van der Waals surface area (Å²) < 4.78 is 11.4. The molecule has 5 heteroatoms. The first-order valence-electron chi connectivity index (χ1n) is 7.70. The molecule has 0 saturated heterocycles. The molecule has 3 N–H and O–H groups in total. The highest BCUT2D eigenvalue weighted by atomic mass is 31.2. The highest BCUT2D eigenvalue weighted by Crippen LogP contribution is 2.46. The second kappa shape index (κ2) is 10.2. The molecule has 0 bridgehead atoms. The number of allylic oxidation sites excluding steroid dienone is 3. The molecule has 0 aliphatic heterocycles. The summed E-state index contributed by atoms with van der Waals surface area (Å²) in [6.45, 7) is 8.36. The van der Waals surface area contributed by atoms with Crippen molar-refractivity contribution in [2.45, 2.75) is 65.5 Å². The van der Waals surface area contributed by atoms with Crippen LogP contribution in [0.3, 0.4) is 0 Å². The van der Waals surface area contributed by atoms with E-state index in [0.717, 1.165) is 25.0 Å². The lowest BCUT2D eigenvalue weighted by molar-refractivity contribution is 0.344. The Morgan fingerprint density at radius 1 is 1.19 bits per heavy atom. The van der Waals surface area contributed by atoms with E-state index in [4.69, 9.17) is 5.11 Å². The minimum atomic E-state index is -4.21. The molecule has 0 saturated carbocycles. The van der Waals surface area contributed by atoms with Gasteiger partial charge in [0.15, 0.2) is 0 Å². The highest BCUT2D eigenvalue weighted by molar-refractivity contribution is 7.52. The maximum absolute atomic E-state index is 11.4. The molecule has 0 spiro atoms. The molecule has 0 fully saturated rings. The van der Waals surface area contributed by atoms with E-state index in [2.05, 4.69) is 26.8 Å². The summed E-state index contributed by atoms with van der Waals surface area (Å²) in [4.78, 5) is 18.6. The summed E-state index contributed by atoms with van der Waals surface area (Å²) in [5.74, 6) is 0.557. The third-order valence-corrected chi connectivity index (χ3v) is 5.18. The van der Waals surface area contributed by atoms with Crippen molar-refractivity contribution in [3.63, 3.8) is 0 Å². The van der Waals surface area contributed by atoms with E-state index >= 15 is 0 Å². The summed E-state index contributed by atoms with van der Waals surface area (Å²) in [6.07, 6.45) is 9.10. The molecule has 0 radical (unpaired) electrons. The van der Waals surface area contributed by atoms with Gasteiger partial charge in [-0.2, -0.15) is 0 Å². The van der Waals surface area contributed by atoms with Gasteiger partial charge in [0.1, 0.15) is 0 Å². The third kappa shape index (κ3) is 9.89. The smallest absolute Gasteiger partial charge is 0.332 e. The Morgan fingerprint density at radius 2 is 1.81 bits per heavy atom. The van der Waals surface area contributed by atoms with Crippen molar-refractivity contribution in [1.82, 2.24) is 0 Å². The zero-order valence-electron chi connectivity index (χ0n) is 13.7. The van der Waals surface area contributed by atoms with Crippen molar-refractivity contribution >= 4 is 7.60 Å². The number of hydrogen-bond acceptors (Lipinski definition) is 2. The van der Waals surface area contributed by atoms with Gasteiger partial charge >= 0.3 is 7.60 Å². The summed E-state index contributed by atoms with van der Waals surface area (Å²) in [5.41, 5.74) is 0.436. The van der Waals surface area contributed by atoms with Crippen molar-refractivity contribution in [3.05, 3.63) is 24.0 Å². The van der Waals surface area contributed by atoms with Gasteiger partial charge in [-0.15, -0.1) is 0 Å². The molecule has 0 rings (SSSR count). The van der Waals surface area contributed by atoms with Gasteiger partial charge in [0.25, 0.3) is 0 Å². The van der Waals surface area contributed by atoms with E-state index in [0.29, 0.717) is 6.42 Å². The average Bonchev–Trinajstić information content (AvgIpc) is 2.33. The largest absolute Gasteiger partial charge is 0.516 e. The number of aliphatic hydroxyl groups excluding tert-OH is 1. The van der Waals surface area contributed by atoms with Crippen LogP contribution in [-0.4, -0.2) is 20.6 Å². The van der Waals surface area contributed by atoms with E-state index in [1.54, 1.807) is 0 Å². The fourth-order valence-electron chi connectivity index (χ4n) is 2.38. The van der Waals surface area contributed by atoms with Gasteiger partial charge in [-0.3, -0.25) is 4.57 Å². The van der Waals surface area contributed by atoms with Gasteiger partial charge in [-0.1, -0.05) is 38.8 Å². The quantitative estimate of drug-likeness (QED) is 0.307. The molecule has 0 aromatic carbocycles. The van der Waals surface area contributed by atoms with Gasteiger partial charge in [0.2, 0.25) is 0 Å². The molecule has 2 unspecified atom stereocenters. The zero-order valence-corrected chi connectivity index (χ0v) is 14.6. The number of hydrogen-bond donors (Lipinski definition) is 3. The van der Waals surface area contributed by atoms with Gasteiger partial charge in [-0.05, 0) is 50.5 Å². The molecule has 0 aliphatic carbocycles. The summed E-state index contributed by atoms with van der Waals surface area (Å²) in [6, 6.07) is 0. The second-order valence-corrected chi connectivity index (χ2v) is 8.09. The Balaban J connectivity index is 4.27. The van der Waals surface area contributed by atoms with E-state index in [1.807, 2.05) is 6.92 Å². The summed E-state index contributed by atoms with van der Waals surface area (Å²) in [7, 11) is -4.21. The Morgan fingerprint density at radius 3 is 2.29 bits per heavy atom. The van der Waals surface area contributed by atoms with Crippen LogP contribution < -0.4 is 0 Å². The van der Waals surface area contributed by atoms with E-state index in [-0.39, 0.29) is 5.92 Å². The van der Waals surface area contributed by atoms with Crippen molar-refractivity contribution in [3.8, 4) is 0 Å². The minimum Gasteiger partial charge on any atom is -0.516 e. The predicted molar refractivity (Wildman–Crippen MR) is 88.4 cm³/mol. The van der Waals surface area contributed by atoms with Crippen molar-refractivity contribution < 1.29 is 19.5 Å². The molecule has 21 heavy (non-hydrogen) atoms. The number of aliphatic hydroxyl groups is 1. The van der Waals surface area contributed by atoms with Crippen LogP contribution in [0.1, 0.15) is 59.8 Å². The summed E-state index contributed by atoms with van der Waals surface area (Å²) >= 11 is 0. The molecule has 124 valence electrons. The van der Waals surface area contributed by atoms with Crippen molar-refractivity contribution in [2.75, 3.05) is 0 Å². The molecule has 4 nitrogen and oxygen atoms in total. The van der Waals surface area contributed by atoms with Crippen LogP contribution in [0.2, 0.25) is 0 Å². The summed E-state index contributed by atoms with van der Waals surface area (Å²) in [5, 5.41) is 8.77. The van der Waals surface area contributed by atoms with Crippen molar-refractivity contribution in [1.29, 1.82) is 0 Å². The van der Waals surface area contributed by atoms with Gasteiger partial charge in [0.05, 0.1) is 11.9 Å². The van der Waals surface area contributed by atoms with Gasteiger partial charge in [0, 0.05) is 0 Å². The van der Waals surface area contributed by atoms with Crippen LogP contribution in [0.4, 0.5) is 0 Å². The molecule has 0 aliphatic rings. The SMILES string of the molecule is C/C(=C\CCC(C)C(/C=C/O)P(=O)(O)O)CCCC(C)C. The first kappa shape index (κ1) is 20.4. The lowest BCUT2D eigenvalue weighted by atomic mass is 9.98. The average molecular weight is 318 g/mol. The van der Waals surface area contributed by atoms with Gasteiger partial charge in [-0.25, -0.2) is 0 Å². The maximum atomic E-state index is 11.4. The topological polar surface area (TPSA) is 77.8 Å². The predicted octanol–water partition coefficient (Wildman–Crippen LogP) is 4.79. The molecular formula is C16H31O4P. The first-order chi connectivity index (χ1) is 9.68. The Hall–Kier alpha value is -0.570. The molecule has 0 amide bonds. The fraction of sp³-hybridized carbons (Fsp3) is 0.750. The normalized spacial score (nSPS) is 16.6. The van der Waals surface area contributed by atoms with Crippen LogP contribution in [0.25, 0.3) is 0 Å². The monoisotopic (exact) mass is 318 g/mol. The van der Waals surface area contributed by atoms with Crippen LogP contribution >= 0.6 is 7.60 Å². The Bertz CT molecular complexity index is 382. The van der Waals surface area contributed by atoms with E-state index in [1.165, 1.54) is 24.5 Å². The van der Waals surface area contributed by atoms with Crippen LogP contribution in [-0.2, 0) is 4.57 Å². The maximum Gasteiger partial charge on any atom is 0.332 e. The highest BCUT2D eigenvalue weighted by Gasteiger charge is 2.31. The molecule has 0 aromatic rings. The third-order valence-electron chi connectivity index (χ3n) is 3.72. The lowest BCUT2D eigenvalue weighted by Crippen LogP contribution is -2.16. The fourth-order valence-corrected chi connectivity index (χ4v) is 3.49. The van der Waals surface area contributed by atoms with E-state index < -0.39 is 13.3 Å². The van der Waals surface area contributed by atoms with Crippen LogP contribution in [0, 0.1) is 11.8 Å². The van der Waals surface area contributed by atoms with Gasteiger partial charge < -0.3 is 14.9 Å². The molecule has 0 heterocycles. The second-order valence-electron chi connectivity index (χ2n) is 6.31. The van der Waals surface area contributed by atoms with Crippen LogP contribution in [0.15, 0.2) is 24.0 Å². The van der Waals surface area contributed by atoms with E-state index in [9.17, 15) is 14.4 Å². The standard InChI is InChI=1S/C16H31O4P/c1-13(2)7-5-8-14(3)9-6-10-15(4)16(11-12-17)21(18,19)20/h9,11-13,15-17H,5-8,10H2,1-4H3,(H2,18,19,20)/b12-11+,14-9+. The van der Waals surface area contributed by atoms with Crippen LogP contribution in [0.5, 0.6) is 0 Å². The zero-order chi connectivity index (χ0) is 16.5. The lowest BCUT2D eigenvalue weighted by Gasteiger charge is -2.21. The first-order valence-corrected chi connectivity index (χ1v) is 9.38. The number of rotatable bonds is 10. The van der Waals surface area contributed by atoms with Crippen molar-refractivity contribution in [2.24, 2.45) is 11.8 Å². The molecule has 0 aromatic heterocycles. The Labute approximate surface area is 129 Å². The minimum absolute atomic E-state index is 0.172.